The highest BCUT2D eigenvalue weighted by Gasteiger charge is 2.30. The molecule has 2 heterocycles. The minimum Gasteiger partial charge on any atom is -0.266 e. The van der Waals surface area contributed by atoms with Crippen molar-refractivity contribution < 1.29 is 13.2 Å². The normalized spacial score (nSPS) is 11.9. The summed E-state index contributed by atoms with van der Waals surface area (Å²) in [5.74, 6) is 0. The zero-order valence-electron chi connectivity index (χ0n) is 9.72. The fourth-order valence-electron chi connectivity index (χ4n) is 1.74. The van der Waals surface area contributed by atoms with Gasteiger partial charge in [-0.1, -0.05) is 11.3 Å². The summed E-state index contributed by atoms with van der Waals surface area (Å²) in [5.41, 5.74) is -1.29. The molecule has 0 spiro atoms. The Morgan fingerprint density at radius 2 is 2.05 bits per heavy atom. The largest absolute Gasteiger partial charge is 0.416 e. The molecule has 0 atom stereocenters. The predicted octanol–water partition coefficient (Wildman–Crippen LogP) is 1.52. The molecule has 0 fully saturated rings. The minimum atomic E-state index is -4.49. The van der Waals surface area contributed by atoms with Gasteiger partial charge in [-0.2, -0.15) is 23.0 Å². The van der Waals surface area contributed by atoms with E-state index in [-0.39, 0.29) is 16.7 Å². The number of aromatic amines is 1. The number of alkyl halides is 3. The molecule has 0 saturated heterocycles. The van der Waals surface area contributed by atoms with Gasteiger partial charge in [-0.3, -0.25) is 9.89 Å². The third kappa shape index (κ3) is 1.92. The van der Waals surface area contributed by atoms with Gasteiger partial charge in [0.15, 0.2) is 5.65 Å². The highest BCUT2D eigenvalue weighted by molar-refractivity contribution is 5.71. The van der Waals surface area contributed by atoms with Crippen molar-refractivity contribution in [1.82, 2.24) is 25.2 Å². The van der Waals surface area contributed by atoms with Crippen LogP contribution in [0, 0.1) is 0 Å². The maximum Gasteiger partial charge on any atom is 0.416 e. The van der Waals surface area contributed by atoms with Gasteiger partial charge >= 0.3 is 6.18 Å². The number of aromatic nitrogens is 5. The lowest BCUT2D eigenvalue weighted by molar-refractivity contribution is -0.137. The molecule has 2 aromatic heterocycles. The first-order valence-electron chi connectivity index (χ1n) is 5.43. The van der Waals surface area contributed by atoms with E-state index in [4.69, 9.17) is 0 Å². The SMILES string of the molecule is O=c1c2cn[nH]c2nnn1-c1cccc(C(F)(F)F)c1. The predicted molar refractivity (Wildman–Crippen MR) is 62.3 cm³/mol. The van der Waals surface area contributed by atoms with Gasteiger partial charge in [0.25, 0.3) is 5.56 Å². The molecule has 20 heavy (non-hydrogen) atoms. The molecule has 1 aromatic carbocycles. The second kappa shape index (κ2) is 4.15. The van der Waals surface area contributed by atoms with Gasteiger partial charge in [0, 0.05) is 0 Å². The second-order valence-corrected chi connectivity index (χ2v) is 3.99. The third-order valence-corrected chi connectivity index (χ3v) is 2.69. The number of benzene rings is 1. The maximum absolute atomic E-state index is 12.6. The molecule has 0 aliphatic carbocycles. The van der Waals surface area contributed by atoms with Crippen LogP contribution in [-0.4, -0.2) is 25.2 Å². The summed E-state index contributed by atoms with van der Waals surface area (Å²) in [5, 5.41) is 13.5. The van der Waals surface area contributed by atoms with Crippen LogP contribution in [0.15, 0.2) is 35.3 Å². The van der Waals surface area contributed by atoms with Crippen LogP contribution >= 0.6 is 0 Å². The van der Waals surface area contributed by atoms with E-state index in [1.165, 1.54) is 18.3 Å². The topological polar surface area (TPSA) is 76.5 Å². The number of halogens is 3. The number of fused-ring (bicyclic) bond motifs is 1. The van der Waals surface area contributed by atoms with Crippen molar-refractivity contribution in [2.45, 2.75) is 6.18 Å². The van der Waals surface area contributed by atoms with Crippen molar-refractivity contribution >= 4 is 11.0 Å². The zero-order valence-corrected chi connectivity index (χ0v) is 9.72. The Hall–Kier alpha value is -2.71. The summed E-state index contributed by atoms with van der Waals surface area (Å²) in [4.78, 5) is 12.1. The lowest BCUT2D eigenvalue weighted by Crippen LogP contribution is -2.22. The van der Waals surface area contributed by atoms with Crippen molar-refractivity contribution in [2.75, 3.05) is 0 Å². The van der Waals surface area contributed by atoms with Crippen molar-refractivity contribution in [2.24, 2.45) is 0 Å². The van der Waals surface area contributed by atoms with Crippen LogP contribution in [-0.2, 0) is 6.18 Å². The fourth-order valence-corrected chi connectivity index (χ4v) is 1.74. The third-order valence-electron chi connectivity index (χ3n) is 2.69. The summed E-state index contributed by atoms with van der Waals surface area (Å²) >= 11 is 0. The van der Waals surface area contributed by atoms with Crippen LogP contribution in [0.4, 0.5) is 13.2 Å². The molecule has 0 amide bonds. The van der Waals surface area contributed by atoms with Crippen LogP contribution in [0.25, 0.3) is 16.7 Å². The Balaban J connectivity index is 2.21. The standard InChI is InChI=1S/C11H6F3N5O/c12-11(13,14)6-2-1-3-7(4-6)19-10(20)8-5-15-16-9(8)17-18-19/h1-5H,(H,15,16). The van der Waals surface area contributed by atoms with Crippen LogP contribution < -0.4 is 5.56 Å². The van der Waals surface area contributed by atoms with Crippen LogP contribution in [0.3, 0.4) is 0 Å². The van der Waals surface area contributed by atoms with E-state index < -0.39 is 17.3 Å². The molecular formula is C11H6F3N5O. The highest BCUT2D eigenvalue weighted by atomic mass is 19.4. The van der Waals surface area contributed by atoms with Crippen molar-refractivity contribution in [3.63, 3.8) is 0 Å². The Labute approximate surface area is 108 Å². The number of nitrogens with one attached hydrogen (secondary N) is 1. The molecule has 1 N–H and O–H groups in total. The monoisotopic (exact) mass is 281 g/mol. The molecule has 6 nitrogen and oxygen atoms in total. The van der Waals surface area contributed by atoms with E-state index in [0.29, 0.717) is 0 Å². The van der Waals surface area contributed by atoms with Gasteiger partial charge in [-0.05, 0) is 18.2 Å². The van der Waals surface area contributed by atoms with Crippen molar-refractivity contribution in [3.8, 4) is 5.69 Å². The Morgan fingerprint density at radius 1 is 1.25 bits per heavy atom. The first-order valence-corrected chi connectivity index (χ1v) is 5.43. The van der Waals surface area contributed by atoms with E-state index in [2.05, 4.69) is 20.5 Å². The molecule has 0 aliphatic heterocycles. The number of hydrogen-bond acceptors (Lipinski definition) is 4. The Morgan fingerprint density at radius 3 is 2.80 bits per heavy atom. The number of rotatable bonds is 1. The van der Waals surface area contributed by atoms with Gasteiger partial charge in [-0.25, -0.2) is 0 Å². The Bertz CT molecular complexity index is 836. The fraction of sp³-hybridized carbons (Fsp3) is 0.0909. The second-order valence-electron chi connectivity index (χ2n) is 3.99. The maximum atomic E-state index is 12.6. The molecule has 102 valence electrons. The molecule has 3 rings (SSSR count). The summed E-state index contributed by atoms with van der Waals surface area (Å²) in [6.07, 6.45) is -3.25. The first kappa shape index (κ1) is 12.3. The van der Waals surface area contributed by atoms with E-state index in [1.807, 2.05) is 0 Å². The quantitative estimate of drug-likeness (QED) is 0.733. The molecule has 0 unspecified atom stereocenters. The smallest absolute Gasteiger partial charge is 0.266 e. The molecule has 0 aliphatic rings. The molecule has 9 heteroatoms. The minimum absolute atomic E-state index is 0.0135. The number of H-pyrrole nitrogens is 1. The molecule has 0 bridgehead atoms. The van der Waals surface area contributed by atoms with E-state index in [1.54, 1.807) is 0 Å². The van der Waals surface area contributed by atoms with Crippen LogP contribution in [0.1, 0.15) is 5.56 Å². The number of nitrogens with zero attached hydrogens (tertiary/aromatic N) is 4. The summed E-state index contributed by atoms with van der Waals surface area (Å²) < 4.78 is 38.7. The Kier molecular flexibility index (Phi) is 2.56. The van der Waals surface area contributed by atoms with Crippen LogP contribution in [0.2, 0.25) is 0 Å². The lowest BCUT2D eigenvalue weighted by atomic mass is 10.2. The van der Waals surface area contributed by atoms with Gasteiger partial charge in [0.05, 0.1) is 17.4 Å². The van der Waals surface area contributed by atoms with Crippen molar-refractivity contribution in [1.29, 1.82) is 0 Å². The summed E-state index contributed by atoms with van der Waals surface area (Å²) in [6, 6.07) is 4.30. The average Bonchev–Trinajstić information content (AvgIpc) is 2.87. The van der Waals surface area contributed by atoms with Gasteiger partial charge in [0.2, 0.25) is 0 Å². The molecular weight excluding hydrogens is 275 g/mol. The van der Waals surface area contributed by atoms with E-state index in [9.17, 15) is 18.0 Å². The van der Waals surface area contributed by atoms with Crippen molar-refractivity contribution in [3.05, 3.63) is 46.4 Å². The van der Waals surface area contributed by atoms with Gasteiger partial charge in [-0.15, -0.1) is 5.10 Å². The number of hydrogen-bond donors (Lipinski definition) is 1. The molecule has 0 saturated carbocycles. The van der Waals surface area contributed by atoms with Gasteiger partial charge in [0.1, 0.15) is 5.39 Å². The zero-order chi connectivity index (χ0) is 14.3. The first-order chi connectivity index (χ1) is 9.47. The van der Waals surface area contributed by atoms with Gasteiger partial charge < -0.3 is 0 Å². The van der Waals surface area contributed by atoms with Crippen LogP contribution in [0.5, 0.6) is 0 Å². The van der Waals surface area contributed by atoms with E-state index >= 15 is 0 Å². The highest BCUT2D eigenvalue weighted by Crippen LogP contribution is 2.29. The molecule has 3 aromatic rings. The molecule has 0 radical (unpaired) electrons. The lowest BCUT2D eigenvalue weighted by Gasteiger charge is -2.08. The summed E-state index contributed by atoms with van der Waals surface area (Å²) in [7, 11) is 0. The summed E-state index contributed by atoms with van der Waals surface area (Å²) in [6.45, 7) is 0. The van der Waals surface area contributed by atoms with E-state index in [0.717, 1.165) is 16.8 Å². The average molecular weight is 281 g/mol.